The van der Waals surface area contributed by atoms with Crippen LogP contribution >= 0.6 is 0 Å². The predicted octanol–water partition coefficient (Wildman–Crippen LogP) is 6.26. The molecule has 9 heteroatoms. The summed E-state index contributed by atoms with van der Waals surface area (Å²) in [6.45, 7) is 6.14. The Labute approximate surface area is 253 Å². The average molecular weight is 592 g/mol. The first-order valence-corrected chi connectivity index (χ1v) is 16.4. The van der Waals surface area contributed by atoms with Gasteiger partial charge in [0.25, 0.3) is 10.9 Å². The normalized spacial score (nSPS) is 11.5. The molecule has 0 bridgehead atoms. The summed E-state index contributed by atoms with van der Waals surface area (Å²) in [6.07, 6.45) is 21.8. The van der Waals surface area contributed by atoms with Crippen LogP contribution in [-0.4, -0.2) is 61.8 Å². The first-order chi connectivity index (χ1) is 20.4. The van der Waals surface area contributed by atoms with Crippen molar-refractivity contribution in [2.24, 2.45) is 0 Å². The van der Waals surface area contributed by atoms with Crippen LogP contribution < -0.4 is 21.5 Å². The highest BCUT2D eigenvalue weighted by atomic mass is 16.5. The number of esters is 1. The second kappa shape index (κ2) is 24.9. The minimum Gasteiger partial charge on any atom is -0.481 e. The molecule has 0 saturated heterocycles. The SMILES string of the molecule is CCCCCCC=CCOC(=O)CCCCCCCN(CCCCCCCC(=O)O)CCCNc1c(NC)c(=O)c1=O. The maximum Gasteiger partial charge on any atom is 0.306 e. The maximum atomic E-state index is 11.9. The Kier molecular flexibility index (Phi) is 22.1. The number of allylic oxidation sites excluding steroid dienone is 1. The number of ether oxygens (including phenoxy) is 1. The lowest BCUT2D eigenvalue weighted by atomic mass is 10.1. The summed E-state index contributed by atoms with van der Waals surface area (Å²) >= 11 is 0. The van der Waals surface area contributed by atoms with Crippen molar-refractivity contribution in [2.75, 3.05) is 50.5 Å². The second-order valence-corrected chi connectivity index (χ2v) is 11.2. The van der Waals surface area contributed by atoms with Crippen molar-refractivity contribution in [3.8, 4) is 0 Å². The molecule has 0 aliphatic rings. The van der Waals surface area contributed by atoms with E-state index < -0.39 is 16.8 Å². The van der Waals surface area contributed by atoms with Crippen molar-refractivity contribution in [2.45, 2.75) is 122 Å². The average Bonchev–Trinajstić information content (AvgIpc) is 2.97. The highest BCUT2D eigenvalue weighted by Gasteiger charge is 2.18. The van der Waals surface area contributed by atoms with Gasteiger partial charge < -0.3 is 25.4 Å². The third-order valence-corrected chi connectivity index (χ3v) is 7.57. The fourth-order valence-corrected chi connectivity index (χ4v) is 5.02. The van der Waals surface area contributed by atoms with Crippen LogP contribution in [0.1, 0.15) is 122 Å². The molecule has 0 fully saturated rings. The molecule has 0 saturated carbocycles. The van der Waals surface area contributed by atoms with Crippen LogP contribution in [0.15, 0.2) is 21.7 Å². The molecule has 0 atom stereocenters. The Morgan fingerprint density at radius 3 is 1.95 bits per heavy atom. The number of carboxylic acid groups (broad SMARTS) is 1. The fraction of sp³-hybridized carbons (Fsp3) is 0.758. The van der Waals surface area contributed by atoms with E-state index in [2.05, 4.69) is 28.5 Å². The highest BCUT2D eigenvalue weighted by Crippen LogP contribution is 2.14. The zero-order chi connectivity index (χ0) is 30.8. The van der Waals surface area contributed by atoms with Gasteiger partial charge in [0.05, 0.1) is 0 Å². The standard InChI is InChI=1S/C33H57N3O6/c1-3-4-5-6-7-14-19-27-42-29(39)22-16-11-9-13-18-25-36(24-17-12-8-10-15-21-28(37)38)26-20-23-35-31-30(34-2)32(40)33(31)41/h14,19,34-35H,3-13,15-18,20-27H2,1-2H3,(H,37,38). The van der Waals surface area contributed by atoms with Gasteiger partial charge in [-0.3, -0.25) is 19.2 Å². The zero-order valence-corrected chi connectivity index (χ0v) is 26.4. The number of carbonyl (C=O) groups excluding carboxylic acids is 1. The van der Waals surface area contributed by atoms with Gasteiger partial charge in [0.15, 0.2) is 0 Å². The number of nitrogens with one attached hydrogen (secondary N) is 2. The summed E-state index contributed by atoms with van der Waals surface area (Å²) < 4.78 is 5.30. The molecule has 0 aliphatic carbocycles. The van der Waals surface area contributed by atoms with Crippen molar-refractivity contribution >= 4 is 23.3 Å². The Hall–Kier alpha value is -2.68. The van der Waals surface area contributed by atoms with E-state index in [9.17, 15) is 19.2 Å². The van der Waals surface area contributed by atoms with E-state index in [4.69, 9.17) is 9.84 Å². The van der Waals surface area contributed by atoms with Crippen LogP contribution in [0, 0.1) is 0 Å². The number of carbonyl (C=O) groups is 2. The van der Waals surface area contributed by atoms with Crippen LogP contribution in [0.5, 0.6) is 0 Å². The number of hydrogen-bond donors (Lipinski definition) is 3. The fourth-order valence-electron chi connectivity index (χ4n) is 5.02. The lowest BCUT2D eigenvalue weighted by Crippen LogP contribution is -2.37. The Morgan fingerprint density at radius 2 is 1.31 bits per heavy atom. The van der Waals surface area contributed by atoms with Crippen molar-refractivity contribution < 1.29 is 19.4 Å². The molecule has 0 heterocycles. The van der Waals surface area contributed by atoms with Crippen LogP contribution in [0.2, 0.25) is 0 Å². The highest BCUT2D eigenvalue weighted by molar-refractivity contribution is 5.73. The molecule has 1 rings (SSSR count). The quantitative estimate of drug-likeness (QED) is 0.0428. The van der Waals surface area contributed by atoms with E-state index >= 15 is 0 Å². The molecule has 0 radical (unpaired) electrons. The lowest BCUT2D eigenvalue weighted by Gasteiger charge is -2.23. The van der Waals surface area contributed by atoms with Gasteiger partial charge in [0.1, 0.15) is 18.0 Å². The largest absolute Gasteiger partial charge is 0.481 e. The van der Waals surface area contributed by atoms with Gasteiger partial charge in [-0.05, 0) is 64.6 Å². The summed E-state index contributed by atoms with van der Waals surface area (Å²) in [4.78, 5) is 48.4. The molecule has 42 heavy (non-hydrogen) atoms. The molecule has 9 nitrogen and oxygen atoms in total. The topological polar surface area (TPSA) is 125 Å². The smallest absolute Gasteiger partial charge is 0.306 e. The Bertz CT molecular complexity index is 954. The van der Waals surface area contributed by atoms with Crippen molar-refractivity contribution in [1.29, 1.82) is 0 Å². The maximum absolute atomic E-state index is 11.9. The molecule has 1 aromatic carbocycles. The molecule has 1 aromatic rings. The molecule has 0 amide bonds. The summed E-state index contributed by atoms with van der Waals surface area (Å²) in [5.74, 6) is -0.838. The van der Waals surface area contributed by atoms with E-state index in [1.54, 1.807) is 7.05 Å². The minimum atomic E-state index is -0.725. The molecule has 3 N–H and O–H groups in total. The van der Waals surface area contributed by atoms with Crippen LogP contribution in [0.3, 0.4) is 0 Å². The van der Waals surface area contributed by atoms with Crippen LogP contribution in [-0.2, 0) is 14.3 Å². The molecule has 0 aromatic heterocycles. The number of hydrogen-bond acceptors (Lipinski definition) is 8. The summed E-state index contributed by atoms with van der Waals surface area (Å²) in [5.41, 5.74) is -0.133. The van der Waals surface area contributed by atoms with Gasteiger partial charge in [-0.15, -0.1) is 0 Å². The predicted molar refractivity (Wildman–Crippen MR) is 172 cm³/mol. The van der Waals surface area contributed by atoms with Gasteiger partial charge in [0.2, 0.25) is 0 Å². The van der Waals surface area contributed by atoms with Gasteiger partial charge in [-0.25, -0.2) is 0 Å². The molecular formula is C33H57N3O6. The number of anilines is 2. The number of aliphatic carboxylic acids is 1. The third kappa shape index (κ3) is 18.0. The first-order valence-electron chi connectivity index (χ1n) is 16.4. The molecule has 0 unspecified atom stereocenters. The molecule has 0 spiro atoms. The van der Waals surface area contributed by atoms with E-state index in [1.165, 1.54) is 25.7 Å². The first kappa shape index (κ1) is 37.3. The van der Waals surface area contributed by atoms with E-state index in [-0.39, 0.29) is 12.4 Å². The summed E-state index contributed by atoms with van der Waals surface area (Å²) in [7, 11) is 1.64. The Morgan fingerprint density at radius 1 is 0.738 bits per heavy atom. The van der Waals surface area contributed by atoms with Gasteiger partial charge in [-0.2, -0.15) is 0 Å². The number of nitrogens with zero attached hydrogens (tertiary/aromatic N) is 1. The number of carboxylic acids is 1. The Balaban J connectivity index is 2.22. The van der Waals surface area contributed by atoms with E-state index in [1.807, 2.05) is 6.08 Å². The van der Waals surface area contributed by atoms with Gasteiger partial charge in [0, 0.05) is 26.4 Å². The van der Waals surface area contributed by atoms with Crippen LogP contribution in [0.4, 0.5) is 11.4 Å². The minimum absolute atomic E-state index is 0.112. The van der Waals surface area contributed by atoms with E-state index in [0.717, 1.165) is 96.7 Å². The summed E-state index contributed by atoms with van der Waals surface area (Å²) in [5, 5.41) is 14.7. The molecule has 240 valence electrons. The molecule has 0 aliphatic heterocycles. The van der Waals surface area contributed by atoms with Crippen molar-refractivity contribution in [1.82, 2.24) is 4.90 Å². The second-order valence-electron chi connectivity index (χ2n) is 11.2. The summed E-state index contributed by atoms with van der Waals surface area (Å²) in [6, 6.07) is 0. The van der Waals surface area contributed by atoms with Crippen molar-refractivity contribution in [3.05, 3.63) is 32.6 Å². The van der Waals surface area contributed by atoms with Gasteiger partial charge >= 0.3 is 11.9 Å². The van der Waals surface area contributed by atoms with Crippen LogP contribution in [0.25, 0.3) is 0 Å². The number of unbranched alkanes of at least 4 members (excludes halogenated alkanes) is 12. The zero-order valence-electron chi connectivity index (χ0n) is 26.4. The van der Waals surface area contributed by atoms with Gasteiger partial charge in [-0.1, -0.05) is 76.9 Å². The third-order valence-electron chi connectivity index (χ3n) is 7.57. The van der Waals surface area contributed by atoms with Crippen molar-refractivity contribution in [3.63, 3.8) is 0 Å². The monoisotopic (exact) mass is 591 g/mol. The molecular weight excluding hydrogens is 534 g/mol. The number of rotatable bonds is 29. The lowest BCUT2D eigenvalue weighted by molar-refractivity contribution is -0.142. The van der Waals surface area contributed by atoms with E-state index in [0.29, 0.717) is 30.9 Å².